The highest BCUT2D eigenvalue weighted by Crippen LogP contribution is 2.15. The van der Waals surface area contributed by atoms with Gasteiger partial charge in [0.25, 0.3) is 0 Å². The van der Waals surface area contributed by atoms with E-state index < -0.39 is 12.7 Å². The first-order valence-corrected chi connectivity index (χ1v) is 3.13. The normalized spacial score (nSPS) is 11.2. The third-order valence-electron chi connectivity index (χ3n) is 1.05. The fourth-order valence-electron chi connectivity index (χ4n) is 0.593. The Morgan fingerprint density at radius 3 is 2.33 bits per heavy atom. The molecule has 3 nitrogen and oxygen atoms in total. The van der Waals surface area contributed by atoms with E-state index in [1.54, 1.807) is 0 Å². The van der Waals surface area contributed by atoms with Crippen molar-refractivity contribution in [3.8, 4) is 0 Å². The molecule has 0 aliphatic heterocycles. The van der Waals surface area contributed by atoms with E-state index in [1.807, 2.05) is 0 Å². The topological polar surface area (TPSA) is 37.8 Å². The van der Waals surface area contributed by atoms with E-state index in [4.69, 9.17) is 0 Å². The number of halogens is 3. The van der Waals surface area contributed by atoms with Gasteiger partial charge in [-0.05, 0) is 0 Å². The summed E-state index contributed by atoms with van der Waals surface area (Å²) in [7, 11) is 0. The SMILES string of the molecule is FC(F)(F)CNc1cncnc1. The first-order chi connectivity index (χ1) is 5.58. The van der Waals surface area contributed by atoms with Crippen LogP contribution in [-0.2, 0) is 0 Å². The minimum absolute atomic E-state index is 0.259. The van der Waals surface area contributed by atoms with Crippen LogP contribution in [0.15, 0.2) is 18.7 Å². The van der Waals surface area contributed by atoms with E-state index >= 15 is 0 Å². The van der Waals surface area contributed by atoms with Crippen molar-refractivity contribution >= 4 is 5.69 Å². The van der Waals surface area contributed by atoms with Crippen molar-refractivity contribution < 1.29 is 13.2 Å². The van der Waals surface area contributed by atoms with Gasteiger partial charge >= 0.3 is 6.18 Å². The molecule has 0 bridgehead atoms. The third kappa shape index (κ3) is 3.18. The number of hydrogen-bond donors (Lipinski definition) is 1. The molecule has 1 heterocycles. The van der Waals surface area contributed by atoms with E-state index in [2.05, 4.69) is 15.3 Å². The molecule has 0 aliphatic rings. The Morgan fingerprint density at radius 1 is 1.25 bits per heavy atom. The maximum atomic E-state index is 11.6. The number of aromatic nitrogens is 2. The molecule has 66 valence electrons. The molecule has 1 N–H and O–H groups in total. The fraction of sp³-hybridized carbons (Fsp3) is 0.333. The summed E-state index contributed by atoms with van der Waals surface area (Å²) in [5.41, 5.74) is 0.259. The Labute approximate surface area is 66.6 Å². The van der Waals surface area contributed by atoms with Crippen LogP contribution >= 0.6 is 0 Å². The van der Waals surface area contributed by atoms with E-state index in [-0.39, 0.29) is 5.69 Å². The quantitative estimate of drug-likeness (QED) is 0.742. The first-order valence-electron chi connectivity index (χ1n) is 3.13. The lowest BCUT2D eigenvalue weighted by Crippen LogP contribution is -2.21. The van der Waals surface area contributed by atoms with Crippen LogP contribution in [0.25, 0.3) is 0 Å². The molecule has 6 heteroatoms. The van der Waals surface area contributed by atoms with Crippen LogP contribution < -0.4 is 5.32 Å². The molecule has 0 saturated carbocycles. The molecule has 1 aromatic rings. The van der Waals surface area contributed by atoms with Crippen molar-refractivity contribution in [3.63, 3.8) is 0 Å². The largest absolute Gasteiger partial charge is 0.405 e. The van der Waals surface area contributed by atoms with Crippen LogP contribution in [0.4, 0.5) is 18.9 Å². The summed E-state index contributed by atoms with van der Waals surface area (Å²) in [6.07, 6.45) is -0.411. The van der Waals surface area contributed by atoms with Gasteiger partial charge in [0.1, 0.15) is 12.9 Å². The monoisotopic (exact) mass is 177 g/mol. The van der Waals surface area contributed by atoms with Crippen molar-refractivity contribution in [1.29, 1.82) is 0 Å². The Kier molecular flexibility index (Phi) is 2.47. The smallest absolute Gasteiger partial charge is 0.374 e. The lowest BCUT2D eigenvalue weighted by molar-refractivity contribution is -0.115. The van der Waals surface area contributed by atoms with Gasteiger partial charge in [0.2, 0.25) is 0 Å². The predicted octanol–water partition coefficient (Wildman–Crippen LogP) is 1.45. The van der Waals surface area contributed by atoms with E-state index in [0.29, 0.717) is 0 Å². The summed E-state index contributed by atoms with van der Waals surface area (Å²) in [4.78, 5) is 7.09. The number of anilines is 1. The summed E-state index contributed by atoms with van der Waals surface area (Å²) in [5.74, 6) is 0. The average Bonchev–Trinajstić information content (AvgIpc) is 2.02. The van der Waals surface area contributed by atoms with Gasteiger partial charge in [0.15, 0.2) is 0 Å². The van der Waals surface area contributed by atoms with Crippen LogP contribution in [-0.4, -0.2) is 22.7 Å². The van der Waals surface area contributed by atoms with Crippen molar-refractivity contribution in [1.82, 2.24) is 9.97 Å². The van der Waals surface area contributed by atoms with Crippen LogP contribution in [0, 0.1) is 0 Å². The molecule has 0 unspecified atom stereocenters. The van der Waals surface area contributed by atoms with Crippen LogP contribution in [0.3, 0.4) is 0 Å². The Morgan fingerprint density at radius 2 is 1.83 bits per heavy atom. The zero-order valence-electron chi connectivity index (χ0n) is 5.97. The molecule has 0 amide bonds. The summed E-state index contributed by atoms with van der Waals surface area (Å²) in [5, 5.41) is 2.13. The number of nitrogens with one attached hydrogen (secondary N) is 1. The Bertz CT molecular complexity index is 234. The number of alkyl halides is 3. The van der Waals surface area contributed by atoms with Gasteiger partial charge in [-0.3, -0.25) is 0 Å². The predicted molar refractivity (Wildman–Crippen MR) is 36.6 cm³/mol. The van der Waals surface area contributed by atoms with E-state index in [1.165, 1.54) is 18.7 Å². The molecular formula is C6H6F3N3. The molecule has 0 spiro atoms. The molecule has 0 aromatic carbocycles. The molecule has 1 rings (SSSR count). The van der Waals surface area contributed by atoms with E-state index in [0.717, 1.165) is 0 Å². The van der Waals surface area contributed by atoms with Crippen molar-refractivity contribution in [2.45, 2.75) is 6.18 Å². The highest BCUT2D eigenvalue weighted by atomic mass is 19.4. The lowest BCUT2D eigenvalue weighted by atomic mass is 10.5. The van der Waals surface area contributed by atoms with Crippen molar-refractivity contribution in [2.75, 3.05) is 11.9 Å². The van der Waals surface area contributed by atoms with Gasteiger partial charge < -0.3 is 5.32 Å². The van der Waals surface area contributed by atoms with Gasteiger partial charge in [-0.25, -0.2) is 9.97 Å². The summed E-state index contributed by atoms with van der Waals surface area (Å²) in [6, 6.07) is 0. The van der Waals surface area contributed by atoms with Crippen LogP contribution in [0.1, 0.15) is 0 Å². The zero-order valence-corrected chi connectivity index (χ0v) is 5.97. The second-order valence-electron chi connectivity index (χ2n) is 2.10. The number of nitrogens with zero attached hydrogens (tertiary/aromatic N) is 2. The molecule has 0 saturated heterocycles. The Hall–Kier alpha value is -1.33. The zero-order chi connectivity index (χ0) is 9.03. The summed E-state index contributed by atoms with van der Waals surface area (Å²) in [6.45, 7) is -1.07. The third-order valence-corrected chi connectivity index (χ3v) is 1.05. The fourth-order valence-corrected chi connectivity index (χ4v) is 0.593. The summed E-state index contributed by atoms with van der Waals surface area (Å²) < 4.78 is 34.9. The van der Waals surface area contributed by atoms with Crippen molar-refractivity contribution in [2.24, 2.45) is 0 Å². The average molecular weight is 177 g/mol. The van der Waals surface area contributed by atoms with Gasteiger partial charge in [-0.1, -0.05) is 0 Å². The minimum Gasteiger partial charge on any atom is -0.374 e. The van der Waals surface area contributed by atoms with Gasteiger partial charge in [0.05, 0.1) is 18.1 Å². The molecule has 0 radical (unpaired) electrons. The molecule has 0 atom stereocenters. The maximum absolute atomic E-state index is 11.6. The molecule has 12 heavy (non-hydrogen) atoms. The molecule has 0 fully saturated rings. The number of hydrogen-bond acceptors (Lipinski definition) is 3. The Balaban J connectivity index is 2.44. The van der Waals surface area contributed by atoms with E-state index in [9.17, 15) is 13.2 Å². The molecule has 1 aromatic heterocycles. The highest BCUT2D eigenvalue weighted by molar-refractivity contribution is 5.37. The lowest BCUT2D eigenvalue weighted by Gasteiger charge is -2.07. The standard InChI is InChI=1S/C6H6F3N3/c7-6(8,9)3-12-5-1-10-4-11-2-5/h1-2,4,12H,3H2. The van der Waals surface area contributed by atoms with Crippen molar-refractivity contribution in [3.05, 3.63) is 18.7 Å². The van der Waals surface area contributed by atoms with Gasteiger partial charge in [-0.15, -0.1) is 0 Å². The summed E-state index contributed by atoms with van der Waals surface area (Å²) >= 11 is 0. The van der Waals surface area contributed by atoms with Crippen LogP contribution in [0.5, 0.6) is 0 Å². The first kappa shape index (κ1) is 8.76. The second-order valence-corrected chi connectivity index (χ2v) is 2.10. The van der Waals surface area contributed by atoms with Crippen LogP contribution in [0.2, 0.25) is 0 Å². The second kappa shape index (κ2) is 3.38. The minimum atomic E-state index is -4.21. The molecular weight excluding hydrogens is 171 g/mol. The maximum Gasteiger partial charge on any atom is 0.405 e. The van der Waals surface area contributed by atoms with Gasteiger partial charge in [-0.2, -0.15) is 13.2 Å². The highest BCUT2D eigenvalue weighted by Gasteiger charge is 2.26. The van der Waals surface area contributed by atoms with Gasteiger partial charge in [0, 0.05) is 0 Å². The number of rotatable bonds is 2. The molecule has 0 aliphatic carbocycles.